The molecule has 2 atom stereocenters. The summed E-state index contributed by atoms with van der Waals surface area (Å²) in [6, 6.07) is 15.7. The lowest BCUT2D eigenvalue weighted by Crippen LogP contribution is -2.09. The van der Waals surface area contributed by atoms with E-state index in [9.17, 15) is 0 Å². The van der Waals surface area contributed by atoms with Crippen LogP contribution in [0.3, 0.4) is 0 Å². The van der Waals surface area contributed by atoms with E-state index in [1.165, 1.54) is 0 Å². The molecule has 7 heteroatoms. The van der Waals surface area contributed by atoms with Crippen LogP contribution in [-0.4, -0.2) is 31.2 Å². The van der Waals surface area contributed by atoms with Crippen molar-refractivity contribution in [2.45, 2.75) is 18.9 Å². The number of rotatable bonds is 7. The maximum atomic E-state index is 6.02. The highest BCUT2D eigenvalue weighted by atomic mass is 16.5. The van der Waals surface area contributed by atoms with Crippen LogP contribution in [0, 0.1) is 5.92 Å². The molecule has 4 aromatic heterocycles. The first-order valence-corrected chi connectivity index (χ1v) is 9.39. The maximum Gasteiger partial charge on any atom is 0.219 e. The molecule has 1 aliphatic rings. The van der Waals surface area contributed by atoms with Gasteiger partial charge in [0, 0.05) is 42.1 Å². The summed E-state index contributed by atoms with van der Waals surface area (Å²) in [6.07, 6.45) is 6.47. The molecule has 0 spiro atoms. The second-order valence-electron chi connectivity index (χ2n) is 6.92. The molecule has 1 fully saturated rings. The zero-order chi connectivity index (χ0) is 18.8. The minimum atomic E-state index is 0.488. The van der Waals surface area contributed by atoms with Crippen LogP contribution < -0.4 is 10.1 Å². The average Bonchev–Trinajstić information content (AvgIpc) is 3.38. The Kier molecular flexibility index (Phi) is 4.33. The molecule has 4 heterocycles. The van der Waals surface area contributed by atoms with Gasteiger partial charge in [-0.15, -0.1) is 0 Å². The van der Waals surface area contributed by atoms with Gasteiger partial charge in [-0.2, -0.15) is 14.6 Å². The zero-order valence-electron chi connectivity index (χ0n) is 15.3. The van der Waals surface area contributed by atoms with Crippen molar-refractivity contribution < 1.29 is 4.74 Å². The Morgan fingerprint density at radius 3 is 2.75 bits per heavy atom. The molecule has 0 saturated heterocycles. The van der Waals surface area contributed by atoms with Crippen LogP contribution in [0.5, 0.6) is 5.88 Å². The van der Waals surface area contributed by atoms with Crippen molar-refractivity contribution in [1.82, 2.24) is 24.6 Å². The number of hydrogen-bond donors (Lipinski definition) is 1. The van der Waals surface area contributed by atoms with Crippen molar-refractivity contribution in [2.75, 3.05) is 11.9 Å². The van der Waals surface area contributed by atoms with Gasteiger partial charge in [-0.3, -0.25) is 9.97 Å². The highest BCUT2D eigenvalue weighted by molar-refractivity contribution is 5.51. The van der Waals surface area contributed by atoms with Gasteiger partial charge in [0.1, 0.15) is 5.82 Å². The van der Waals surface area contributed by atoms with Gasteiger partial charge in [-0.05, 0) is 30.7 Å². The number of anilines is 1. The molecular weight excluding hydrogens is 352 g/mol. The summed E-state index contributed by atoms with van der Waals surface area (Å²) in [5.74, 6) is 2.40. The highest BCUT2D eigenvalue weighted by Gasteiger charge is 2.39. The molecule has 0 unspecified atom stereocenters. The maximum absolute atomic E-state index is 6.02. The SMILES string of the molecule is c1ccc(CNc2cc(OC[C@H]3C[C@@H]3c3ccccn3)nc3ccnn23)nc1. The fourth-order valence-electron chi connectivity index (χ4n) is 3.36. The van der Waals surface area contributed by atoms with Crippen LogP contribution in [0.4, 0.5) is 5.82 Å². The Hall–Kier alpha value is -3.48. The summed E-state index contributed by atoms with van der Waals surface area (Å²) in [5, 5.41) is 7.72. The predicted molar refractivity (Wildman–Crippen MR) is 105 cm³/mol. The molecule has 0 radical (unpaired) electrons. The lowest BCUT2D eigenvalue weighted by molar-refractivity contribution is 0.286. The summed E-state index contributed by atoms with van der Waals surface area (Å²) in [5.41, 5.74) is 2.85. The van der Waals surface area contributed by atoms with Gasteiger partial charge in [-0.25, -0.2) is 0 Å². The van der Waals surface area contributed by atoms with E-state index in [4.69, 9.17) is 4.74 Å². The third kappa shape index (κ3) is 3.51. The topological polar surface area (TPSA) is 77.2 Å². The van der Waals surface area contributed by atoms with Crippen LogP contribution >= 0.6 is 0 Å². The monoisotopic (exact) mass is 372 g/mol. The number of ether oxygens (including phenoxy) is 1. The van der Waals surface area contributed by atoms with Crippen molar-refractivity contribution in [3.63, 3.8) is 0 Å². The van der Waals surface area contributed by atoms with Gasteiger partial charge in [0.05, 0.1) is 25.0 Å². The van der Waals surface area contributed by atoms with E-state index in [1.807, 2.05) is 48.7 Å². The summed E-state index contributed by atoms with van der Waals surface area (Å²) >= 11 is 0. The first-order chi connectivity index (χ1) is 13.9. The molecule has 1 N–H and O–H groups in total. The van der Waals surface area contributed by atoms with Gasteiger partial charge in [0.25, 0.3) is 0 Å². The van der Waals surface area contributed by atoms with E-state index in [0.29, 0.717) is 30.9 Å². The summed E-state index contributed by atoms with van der Waals surface area (Å²) in [7, 11) is 0. The highest BCUT2D eigenvalue weighted by Crippen LogP contribution is 2.46. The Bertz CT molecular complexity index is 1070. The number of nitrogens with zero attached hydrogens (tertiary/aromatic N) is 5. The van der Waals surface area contributed by atoms with Crippen LogP contribution in [0.25, 0.3) is 5.65 Å². The molecule has 140 valence electrons. The van der Waals surface area contributed by atoms with Gasteiger partial charge in [-0.1, -0.05) is 12.1 Å². The lowest BCUT2D eigenvalue weighted by Gasteiger charge is -2.11. The molecule has 4 aromatic rings. The molecule has 28 heavy (non-hydrogen) atoms. The second kappa shape index (κ2) is 7.26. The Morgan fingerprint density at radius 2 is 1.93 bits per heavy atom. The second-order valence-corrected chi connectivity index (χ2v) is 6.92. The van der Waals surface area contributed by atoms with Crippen molar-refractivity contribution >= 4 is 11.5 Å². The van der Waals surface area contributed by atoms with Crippen molar-refractivity contribution in [3.8, 4) is 5.88 Å². The molecule has 0 aromatic carbocycles. The van der Waals surface area contributed by atoms with Gasteiger partial charge >= 0.3 is 0 Å². The molecule has 0 amide bonds. The molecule has 0 aliphatic heterocycles. The normalized spacial score (nSPS) is 18.1. The summed E-state index contributed by atoms with van der Waals surface area (Å²) in [4.78, 5) is 13.3. The summed E-state index contributed by atoms with van der Waals surface area (Å²) < 4.78 is 7.78. The first-order valence-electron chi connectivity index (χ1n) is 9.39. The Labute approximate surface area is 162 Å². The quantitative estimate of drug-likeness (QED) is 0.536. The molecule has 1 saturated carbocycles. The van der Waals surface area contributed by atoms with Gasteiger partial charge in [0.15, 0.2) is 5.65 Å². The van der Waals surface area contributed by atoms with Crippen molar-refractivity contribution in [1.29, 1.82) is 0 Å². The number of hydrogen-bond acceptors (Lipinski definition) is 6. The summed E-state index contributed by atoms with van der Waals surface area (Å²) in [6.45, 7) is 1.24. The van der Waals surface area contributed by atoms with Crippen LogP contribution in [0.15, 0.2) is 67.1 Å². The van der Waals surface area contributed by atoms with E-state index in [-0.39, 0.29) is 0 Å². The Balaban J connectivity index is 1.27. The smallest absolute Gasteiger partial charge is 0.219 e. The van der Waals surface area contributed by atoms with Gasteiger partial charge < -0.3 is 10.1 Å². The van der Waals surface area contributed by atoms with E-state index in [2.05, 4.69) is 31.4 Å². The fourth-order valence-corrected chi connectivity index (χ4v) is 3.36. The molecular formula is C21H20N6O. The van der Waals surface area contributed by atoms with E-state index >= 15 is 0 Å². The zero-order valence-corrected chi connectivity index (χ0v) is 15.3. The third-order valence-electron chi connectivity index (χ3n) is 4.95. The van der Waals surface area contributed by atoms with Gasteiger partial charge in [0.2, 0.25) is 5.88 Å². The third-order valence-corrected chi connectivity index (χ3v) is 4.95. The number of fused-ring (bicyclic) bond motifs is 1. The number of nitrogens with one attached hydrogen (secondary N) is 1. The van der Waals surface area contributed by atoms with Crippen molar-refractivity contribution in [3.05, 3.63) is 78.5 Å². The van der Waals surface area contributed by atoms with Crippen LogP contribution in [-0.2, 0) is 6.54 Å². The average molecular weight is 372 g/mol. The minimum absolute atomic E-state index is 0.488. The molecule has 5 rings (SSSR count). The molecule has 7 nitrogen and oxygen atoms in total. The first kappa shape index (κ1) is 16.7. The van der Waals surface area contributed by atoms with Crippen LogP contribution in [0.2, 0.25) is 0 Å². The molecule has 0 bridgehead atoms. The minimum Gasteiger partial charge on any atom is -0.477 e. The van der Waals surface area contributed by atoms with Crippen LogP contribution in [0.1, 0.15) is 23.7 Å². The number of pyridine rings is 2. The van der Waals surface area contributed by atoms with E-state index in [1.54, 1.807) is 16.9 Å². The standard InChI is InChI=1S/C21H20N6O/c1-3-8-22-16(5-1)13-24-20-12-21(26-19-7-10-25-27(19)20)28-14-15-11-17(15)18-6-2-4-9-23-18/h1-10,12,15,17,24H,11,13-14H2/t15-,17+/m1/s1. The predicted octanol–water partition coefficient (Wildman–Crippen LogP) is 3.31. The largest absolute Gasteiger partial charge is 0.477 e. The Morgan fingerprint density at radius 1 is 1.04 bits per heavy atom. The number of aromatic nitrogens is 5. The van der Waals surface area contributed by atoms with E-state index in [0.717, 1.165) is 29.3 Å². The van der Waals surface area contributed by atoms with E-state index < -0.39 is 0 Å². The lowest BCUT2D eigenvalue weighted by atomic mass is 10.2. The fraction of sp³-hybridized carbons (Fsp3) is 0.238. The molecule has 1 aliphatic carbocycles. The van der Waals surface area contributed by atoms with Crippen molar-refractivity contribution in [2.24, 2.45) is 5.92 Å².